The fourth-order valence-corrected chi connectivity index (χ4v) is 3.47. The molecule has 4 amide bonds. The van der Waals surface area contributed by atoms with Gasteiger partial charge in [0.15, 0.2) is 0 Å². The van der Waals surface area contributed by atoms with Gasteiger partial charge in [0.05, 0.1) is 18.9 Å². The minimum atomic E-state index is -1.47. The van der Waals surface area contributed by atoms with Gasteiger partial charge in [-0.25, -0.2) is 9.78 Å². The van der Waals surface area contributed by atoms with E-state index in [-0.39, 0.29) is 19.4 Å². The van der Waals surface area contributed by atoms with E-state index in [0.717, 1.165) is 0 Å². The summed E-state index contributed by atoms with van der Waals surface area (Å²) in [4.78, 5) is 69.1. The SMILES string of the molecule is CC(O)C(N)C(=O)NC(CC(N)=O)C(=O)NC(Cc1cnc[nH]1)C(=O)N1CCCC1C(=O)O. The van der Waals surface area contributed by atoms with E-state index in [4.69, 9.17) is 11.5 Å². The van der Waals surface area contributed by atoms with E-state index < -0.39 is 66.3 Å². The highest BCUT2D eigenvalue weighted by atomic mass is 16.4. The van der Waals surface area contributed by atoms with Gasteiger partial charge in [-0.05, 0) is 19.8 Å². The van der Waals surface area contributed by atoms with Crippen molar-refractivity contribution in [2.75, 3.05) is 6.54 Å². The number of nitrogens with two attached hydrogens (primary N) is 2. The summed E-state index contributed by atoms with van der Waals surface area (Å²) in [6.07, 6.45) is 1.74. The smallest absolute Gasteiger partial charge is 0.326 e. The number of imidazole rings is 1. The van der Waals surface area contributed by atoms with E-state index in [1.807, 2.05) is 0 Å². The molecule has 5 atom stereocenters. The first-order valence-corrected chi connectivity index (χ1v) is 10.3. The second kappa shape index (κ2) is 11.4. The molecular formula is C19H29N7O7. The highest BCUT2D eigenvalue weighted by molar-refractivity contribution is 5.96. The van der Waals surface area contributed by atoms with Crippen LogP contribution < -0.4 is 22.1 Å². The normalized spacial score (nSPS) is 19.2. The van der Waals surface area contributed by atoms with Gasteiger partial charge < -0.3 is 42.2 Å². The lowest BCUT2D eigenvalue weighted by Crippen LogP contribution is -2.59. The Hall–Kier alpha value is -3.52. The average Bonchev–Trinajstić information content (AvgIpc) is 3.43. The summed E-state index contributed by atoms with van der Waals surface area (Å²) in [7, 11) is 0. The third kappa shape index (κ3) is 6.98. The number of aromatic nitrogens is 2. The number of carbonyl (C=O) groups excluding carboxylic acids is 4. The predicted molar refractivity (Wildman–Crippen MR) is 112 cm³/mol. The predicted octanol–water partition coefficient (Wildman–Crippen LogP) is -3.42. The lowest BCUT2D eigenvalue weighted by molar-refractivity contribution is -0.149. The Balaban J connectivity index is 2.23. The summed E-state index contributed by atoms with van der Waals surface area (Å²) in [5.41, 5.74) is 11.2. The molecule has 14 nitrogen and oxygen atoms in total. The van der Waals surface area contributed by atoms with Crippen LogP contribution in [0.5, 0.6) is 0 Å². The zero-order valence-corrected chi connectivity index (χ0v) is 18.1. The fourth-order valence-electron chi connectivity index (χ4n) is 3.47. The number of hydrogen-bond acceptors (Lipinski definition) is 8. The number of carboxylic acids is 1. The molecule has 1 aromatic heterocycles. The number of nitrogens with zero attached hydrogens (tertiary/aromatic N) is 2. The van der Waals surface area contributed by atoms with E-state index in [1.54, 1.807) is 0 Å². The average molecular weight is 467 g/mol. The third-order valence-corrected chi connectivity index (χ3v) is 5.28. The minimum absolute atomic E-state index is 0.0438. The summed E-state index contributed by atoms with van der Waals surface area (Å²) in [6, 6.07) is -5.07. The molecule has 0 saturated carbocycles. The highest BCUT2D eigenvalue weighted by Gasteiger charge is 2.39. The zero-order valence-electron chi connectivity index (χ0n) is 18.1. The van der Waals surface area contributed by atoms with Crippen LogP contribution in [0.15, 0.2) is 12.5 Å². The number of likely N-dealkylation sites (tertiary alicyclic amines) is 1. The summed E-state index contributed by atoms with van der Waals surface area (Å²) < 4.78 is 0. The number of amides is 4. The molecule has 0 aliphatic carbocycles. The highest BCUT2D eigenvalue weighted by Crippen LogP contribution is 2.19. The van der Waals surface area contributed by atoms with Crippen molar-refractivity contribution in [2.24, 2.45) is 11.5 Å². The van der Waals surface area contributed by atoms with Crippen LogP contribution in [-0.4, -0.2) is 91.5 Å². The maximum absolute atomic E-state index is 13.2. The van der Waals surface area contributed by atoms with Gasteiger partial charge in [0.2, 0.25) is 23.6 Å². The van der Waals surface area contributed by atoms with Crippen LogP contribution in [0.2, 0.25) is 0 Å². The van der Waals surface area contributed by atoms with Crippen LogP contribution in [0.3, 0.4) is 0 Å². The van der Waals surface area contributed by atoms with Gasteiger partial charge in [0, 0.05) is 24.9 Å². The maximum atomic E-state index is 13.2. The molecule has 1 aliphatic rings. The lowest BCUT2D eigenvalue weighted by Gasteiger charge is -2.28. The molecule has 2 rings (SSSR count). The Morgan fingerprint density at radius 1 is 1.24 bits per heavy atom. The fraction of sp³-hybridized carbons (Fsp3) is 0.579. The Labute approximate surface area is 189 Å². The van der Waals surface area contributed by atoms with Crippen molar-refractivity contribution in [1.29, 1.82) is 0 Å². The summed E-state index contributed by atoms with van der Waals surface area (Å²) >= 11 is 0. The van der Waals surface area contributed by atoms with Gasteiger partial charge in [-0.1, -0.05) is 0 Å². The van der Waals surface area contributed by atoms with Crippen LogP contribution in [-0.2, 0) is 30.4 Å². The Kier molecular flexibility index (Phi) is 8.87. The molecule has 1 aliphatic heterocycles. The first kappa shape index (κ1) is 25.7. The van der Waals surface area contributed by atoms with Crippen molar-refractivity contribution in [2.45, 2.75) is 62.9 Å². The van der Waals surface area contributed by atoms with Gasteiger partial charge in [-0.2, -0.15) is 0 Å². The van der Waals surface area contributed by atoms with Gasteiger partial charge >= 0.3 is 5.97 Å². The molecule has 1 saturated heterocycles. The number of aromatic amines is 1. The Bertz CT molecular complexity index is 874. The first-order valence-electron chi connectivity index (χ1n) is 10.3. The van der Waals surface area contributed by atoms with Crippen molar-refractivity contribution >= 4 is 29.6 Å². The monoisotopic (exact) mass is 467 g/mol. The second-order valence-corrected chi connectivity index (χ2v) is 7.87. The largest absolute Gasteiger partial charge is 0.480 e. The molecule has 0 spiro atoms. The first-order chi connectivity index (χ1) is 15.5. The molecular weight excluding hydrogens is 438 g/mol. The number of aliphatic carboxylic acids is 1. The number of primary amides is 1. The van der Waals surface area contributed by atoms with E-state index >= 15 is 0 Å². The number of aliphatic hydroxyl groups is 1. The molecule has 1 fully saturated rings. The van der Waals surface area contributed by atoms with E-state index in [9.17, 15) is 34.2 Å². The Morgan fingerprint density at radius 3 is 2.45 bits per heavy atom. The van der Waals surface area contributed by atoms with Crippen LogP contribution in [0, 0.1) is 0 Å². The van der Waals surface area contributed by atoms with Gasteiger partial charge in [-0.15, -0.1) is 0 Å². The molecule has 14 heteroatoms. The van der Waals surface area contributed by atoms with Crippen molar-refractivity contribution in [3.63, 3.8) is 0 Å². The third-order valence-electron chi connectivity index (χ3n) is 5.28. The number of H-pyrrole nitrogens is 1. The van der Waals surface area contributed by atoms with E-state index in [0.29, 0.717) is 12.1 Å². The number of rotatable bonds is 11. The van der Waals surface area contributed by atoms with Crippen molar-refractivity contribution in [3.05, 3.63) is 18.2 Å². The van der Waals surface area contributed by atoms with Crippen molar-refractivity contribution in [3.8, 4) is 0 Å². The number of hydrogen-bond donors (Lipinski definition) is 7. The summed E-state index contributed by atoms with van der Waals surface area (Å²) in [5.74, 6) is -4.48. The van der Waals surface area contributed by atoms with Crippen molar-refractivity contribution in [1.82, 2.24) is 25.5 Å². The quantitative estimate of drug-likeness (QED) is 0.171. The molecule has 0 aromatic carbocycles. The molecule has 182 valence electrons. The van der Waals surface area contributed by atoms with Crippen molar-refractivity contribution < 1.29 is 34.2 Å². The minimum Gasteiger partial charge on any atom is -0.480 e. The molecule has 9 N–H and O–H groups in total. The molecule has 0 radical (unpaired) electrons. The number of carbonyl (C=O) groups is 5. The zero-order chi connectivity index (χ0) is 24.7. The Morgan fingerprint density at radius 2 is 1.91 bits per heavy atom. The van der Waals surface area contributed by atoms with E-state index in [2.05, 4.69) is 20.6 Å². The molecule has 2 heterocycles. The maximum Gasteiger partial charge on any atom is 0.326 e. The number of aliphatic hydroxyl groups excluding tert-OH is 1. The van der Waals surface area contributed by atoms with Crippen LogP contribution in [0.1, 0.15) is 31.9 Å². The molecule has 5 unspecified atom stereocenters. The van der Waals surface area contributed by atoms with Crippen LogP contribution in [0.25, 0.3) is 0 Å². The van der Waals surface area contributed by atoms with Gasteiger partial charge in [0.25, 0.3) is 0 Å². The number of carboxylic acid groups (broad SMARTS) is 1. The summed E-state index contributed by atoms with van der Waals surface area (Å²) in [5, 5.41) is 23.6. The van der Waals surface area contributed by atoms with Gasteiger partial charge in [0.1, 0.15) is 24.2 Å². The topological polar surface area (TPSA) is 234 Å². The summed E-state index contributed by atoms with van der Waals surface area (Å²) in [6.45, 7) is 1.48. The second-order valence-electron chi connectivity index (χ2n) is 7.87. The lowest BCUT2D eigenvalue weighted by atomic mass is 10.1. The molecule has 33 heavy (non-hydrogen) atoms. The standard InChI is InChI=1S/C19H29N7O7/c1-9(27)15(21)17(30)24-11(6-14(20)28)16(29)25-12(5-10-7-22-8-23-10)18(31)26-4-2-3-13(26)19(32)33/h7-9,11-13,15,27H,2-6,21H2,1H3,(H2,20,28)(H,22,23)(H,24,30)(H,25,29)(H,32,33). The molecule has 0 bridgehead atoms. The molecule has 1 aromatic rings. The van der Waals surface area contributed by atoms with E-state index in [1.165, 1.54) is 24.3 Å². The van der Waals surface area contributed by atoms with Crippen LogP contribution >= 0.6 is 0 Å². The number of nitrogens with one attached hydrogen (secondary N) is 3. The van der Waals surface area contributed by atoms with Gasteiger partial charge in [-0.3, -0.25) is 19.2 Å². The van der Waals surface area contributed by atoms with Crippen LogP contribution in [0.4, 0.5) is 0 Å².